The van der Waals surface area contributed by atoms with Gasteiger partial charge < -0.3 is 9.30 Å². The van der Waals surface area contributed by atoms with Gasteiger partial charge in [-0.1, -0.05) is 35.3 Å². The first kappa shape index (κ1) is 16.8. The number of aromatic nitrogens is 4. The molecule has 1 unspecified atom stereocenters. The summed E-state index contributed by atoms with van der Waals surface area (Å²) in [6.45, 7) is 4.19. The van der Waals surface area contributed by atoms with Gasteiger partial charge >= 0.3 is 0 Å². The molecule has 1 atom stereocenters. The highest BCUT2D eigenvalue weighted by Gasteiger charge is 2.22. The number of imidazole rings is 1. The van der Waals surface area contributed by atoms with Crippen molar-refractivity contribution in [2.75, 3.05) is 13.2 Å². The molecule has 0 saturated carbocycles. The second kappa shape index (κ2) is 6.90. The first-order valence-corrected chi connectivity index (χ1v) is 9.12. The Morgan fingerprint density at radius 2 is 2.04 bits per heavy atom. The predicted octanol–water partition coefficient (Wildman–Crippen LogP) is 4.54. The van der Waals surface area contributed by atoms with Crippen molar-refractivity contribution in [3.05, 3.63) is 40.3 Å². The zero-order valence-electron chi connectivity index (χ0n) is 13.9. The molecule has 0 aliphatic carbocycles. The molecule has 0 radical (unpaired) electrons. The lowest BCUT2D eigenvalue weighted by Gasteiger charge is -2.23. The highest BCUT2D eigenvalue weighted by Crippen LogP contribution is 2.32. The molecule has 1 saturated heterocycles. The fraction of sp³-hybridized carbons (Fsp3) is 0.389. The van der Waals surface area contributed by atoms with Crippen LogP contribution in [0.3, 0.4) is 0 Å². The first-order chi connectivity index (χ1) is 12.1. The van der Waals surface area contributed by atoms with Crippen molar-refractivity contribution in [3.8, 4) is 11.4 Å². The maximum atomic E-state index is 6.43. The highest BCUT2D eigenvalue weighted by atomic mass is 35.5. The predicted molar refractivity (Wildman–Crippen MR) is 99.1 cm³/mol. The smallest absolute Gasteiger partial charge is 0.165 e. The standard InChI is InChI=1S/C18H18Cl2N4O/c1-11-21-16(20)15-18(22-11)24(9-12-5-4-8-25-10-12)17(23-15)13-6-2-3-7-14(13)19/h2-3,6-7,12H,4-5,8-10H2,1H3. The fourth-order valence-corrected chi connectivity index (χ4v) is 3.77. The van der Waals surface area contributed by atoms with Crippen molar-refractivity contribution >= 4 is 34.4 Å². The Morgan fingerprint density at radius 1 is 1.20 bits per heavy atom. The van der Waals surface area contributed by atoms with E-state index < -0.39 is 0 Å². The van der Waals surface area contributed by atoms with Gasteiger partial charge in [-0.15, -0.1) is 0 Å². The van der Waals surface area contributed by atoms with E-state index in [1.54, 1.807) is 0 Å². The summed E-state index contributed by atoms with van der Waals surface area (Å²) in [4.78, 5) is 13.6. The summed E-state index contributed by atoms with van der Waals surface area (Å²) < 4.78 is 7.75. The molecule has 3 aromatic rings. The van der Waals surface area contributed by atoms with Gasteiger partial charge in [0.1, 0.15) is 17.2 Å². The minimum Gasteiger partial charge on any atom is -0.381 e. The van der Waals surface area contributed by atoms with Crippen molar-refractivity contribution in [1.29, 1.82) is 0 Å². The number of fused-ring (bicyclic) bond motifs is 1. The van der Waals surface area contributed by atoms with E-state index in [0.29, 0.717) is 27.4 Å². The molecule has 130 valence electrons. The Labute approximate surface area is 156 Å². The zero-order valence-corrected chi connectivity index (χ0v) is 15.4. The van der Waals surface area contributed by atoms with Crippen LogP contribution in [-0.4, -0.2) is 32.7 Å². The Kier molecular flexibility index (Phi) is 4.63. The number of benzene rings is 1. The topological polar surface area (TPSA) is 52.8 Å². The van der Waals surface area contributed by atoms with Gasteiger partial charge in [-0.2, -0.15) is 0 Å². The molecule has 0 bridgehead atoms. The fourth-order valence-electron chi connectivity index (χ4n) is 3.30. The minimum absolute atomic E-state index is 0.370. The summed E-state index contributed by atoms with van der Waals surface area (Å²) in [5.74, 6) is 1.82. The average molecular weight is 377 g/mol. The van der Waals surface area contributed by atoms with Gasteiger partial charge in [0.25, 0.3) is 0 Å². The third-order valence-electron chi connectivity index (χ3n) is 4.47. The molecule has 1 aliphatic heterocycles. The van der Waals surface area contributed by atoms with E-state index in [1.807, 2.05) is 31.2 Å². The monoisotopic (exact) mass is 376 g/mol. The van der Waals surface area contributed by atoms with E-state index in [1.165, 1.54) is 0 Å². The number of ether oxygens (including phenoxy) is 1. The Balaban J connectivity index is 1.90. The molecule has 1 aliphatic rings. The summed E-state index contributed by atoms with van der Waals surface area (Å²) in [7, 11) is 0. The van der Waals surface area contributed by atoms with E-state index in [2.05, 4.69) is 14.5 Å². The normalized spacial score (nSPS) is 18.0. The molecule has 0 spiro atoms. The molecule has 2 aromatic heterocycles. The summed E-state index contributed by atoms with van der Waals surface area (Å²) in [6, 6.07) is 7.69. The van der Waals surface area contributed by atoms with Crippen molar-refractivity contribution < 1.29 is 4.74 Å². The minimum atomic E-state index is 0.370. The third-order valence-corrected chi connectivity index (χ3v) is 5.07. The molecule has 1 fully saturated rings. The molecule has 25 heavy (non-hydrogen) atoms. The van der Waals surface area contributed by atoms with Crippen LogP contribution in [0.4, 0.5) is 0 Å². The van der Waals surface area contributed by atoms with Gasteiger partial charge in [-0.25, -0.2) is 15.0 Å². The van der Waals surface area contributed by atoms with E-state index in [-0.39, 0.29) is 0 Å². The van der Waals surface area contributed by atoms with Crippen LogP contribution in [0.15, 0.2) is 24.3 Å². The van der Waals surface area contributed by atoms with Crippen LogP contribution in [-0.2, 0) is 11.3 Å². The molecule has 1 aromatic carbocycles. The summed E-state index contributed by atoms with van der Waals surface area (Å²) >= 11 is 12.8. The quantitative estimate of drug-likeness (QED) is 0.629. The SMILES string of the molecule is Cc1nc(Cl)c2nc(-c3ccccc3Cl)n(CC3CCCOC3)c2n1. The molecule has 3 heterocycles. The highest BCUT2D eigenvalue weighted by molar-refractivity contribution is 6.34. The number of halogens is 2. The van der Waals surface area contributed by atoms with Gasteiger partial charge in [-0.3, -0.25) is 0 Å². The molecule has 0 amide bonds. The Morgan fingerprint density at radius 3 is 2.80 bits per heavy atom. The van der Waals surface area contributed by atoms with Crippen LogP contribution in [0.25, 0.3) is 22.6 Å². The van der Waals surface area contributed by atoms with Gasteiger partial charge in [-0.05, 0) is 31.9 Å². The largest absolute Gasteiger partial charge is 0.381 e. The number of aryl methyl sites for hydroxylation is 1. The molecular weight excluding hydrogens is 359 g/mol. The second-order valence-corrected chi connectivity index (χ2v) is 7.11. The lowest BCUT2D eigenvalue weighted by molar-refractivity contribution is 0.0489. The van der Waals surface area contributed by atoms with Crippen LogP contribution in [0.1, 0.15) is 18.7 Å². The van der Waals surface area contributed by atoms with Crippen LogP contribution < -0.4 is 0 Å². The van der Waals surface area contributed by atoms with E-state index in [9.17, 15) is 0 Å². The summed E-state index contributed by atoms with van der Waals surface area (Å²) in [5, 5.41) is 1.02. The Hall–Kier alpha value is -1.69. The number of hydrogen-bond donors (Lipinski definition) is 0. The lowest BCUT2D eigenvalue weighted by Crippen LogP contribution is -2.22. The first-order valence-electron chi connectivity index (χ1n) is 8.36. The number of hydrogen-bond acceptors (Lipinski definition) is 4. The van der Waals surface area contributed by atoms with Gasteiger partial charge in [0.15, 0.2) is 10.8 Å². The van der Waals surface area contributed by atoms with E-state index in [0.717, 1.165) is 49.6 Å². The third kappa shape index (κ3) is 3.24. The lowest BCUT2D eigenvalue weighted by atomic mass is 10.0. The molecule has 0 N–H and O–H groups in total. The van der Waals surface area contributed by atoms with Crippen molar-refractivity contribution in [1.82, 2.24) is 19.5 Å². The molecule has 4 rings (SSSR count). The van der Waals surface area contributed by atoms with Crippen LogP contribution in [0.2, 0.25) is 10.2 Å². The van der Waals surface area contributed by atoms with Crippen LogP contribution >= 0.6 is 23.2 Å². The zero-order chi connectivity index (χ0) is 17.4. The van der Waals surface area contributed by atoms with E-state index >= 15 is 0 Å². The molecular formula is C18H18Cl2N4O. The second-order valence-electron chi connectivity index (χ2n) is 6.34. The number of nitrogens with zero attached hydrogens (tertiary/aromatic N) is 4. The van der Waals surface area contributed by atoms with Crippen molar-refractivity contribution in [2.45, 2.75) is 26.3 Å². The molecule has 5 nitrogen and oxygen atoms in total. The van der Waals surface area contributed by atoms with Crippen LogP contribution in [0.5, 0.6) is 0 Å². The van der Waals surface area contributed by atoms with E-state index in [4.69, 9.17) is 32.9 Å². The summed E-state index contributed by atoms with van der Waals surface area (Å²) in [6.07, 6.45) is 2.20. The van der Waals surface area contributed by atoms with Gasteiger partial charge in [0, 0.05) is 24.6 Å². The van der Waals surface area contributed by atoms with Crippen molar-refractivity contribution in [2.24, 2.45) is 5.92 Å². The van der Waals surface area contributed by atoms with Crippen LogP contribution in [0, 0.1) is 12.8 Å². The Bertz CT molecular complexity index is 919. The maximum absolute atomic E-state index is 6.43. The van der Waals surface area contributed by atoms with Gasteiger partial charge in [0.2, 0.25) is 0 Å². The number of rotatable bonds is 3. The average Bonchev–Trinajstić information content (AvgIpc) is 2.95. The molecule has 7 heteroatoms. The van der Waals surface area contributed by atoms with Crippen molar-refractivity contribution in [3.63, 3.8) is 0 Å². The summed E-state index contributed by atoms with van der Waals surface area (Å²) in [5.41, 5.74) is 2.23. The van der Waals surface area contributed by atoms with Gasteiger partial charge in [0.05, 0.1) is 11.6 Å². The maximum Gasteiger partial charge on any atom is 0.165 e.